The highest BCUT2D eigenvalue weighted by atomic mass is 16.4. The summed E-state index contributed by atoms with van der Waals surface area (Å²) in [7, 11) is 0. The van der Waals surface area contributed by atoms with Crippen LogP contribution in [0.4, 0.5) is 0 Å². The van der Waals surface area contributed by atoms with Crippen LogP contribution in [0.3, 0.4) is 0 Å². The number of aryl methyl sites for hydroxylation is 1. The van der Waals surface area contributed by atoms with Gasteiger partial charge in [0.2, 0.25) is 0 Å². The fourth-order valence-electron chi connectivity index (χ4n) is 5.07. The molecule has 0 amide bonds. The summed E-state index contributed by atoms with van der Waals surface area (Å²) < 4.78 is 0. The Morgan fingerprint density at radius 3 is 2.57 bits per heavy atom. The first kappa shape index (κ1) is 21.3. The highest BCUT2D eigenvalue weighted by Crippen LogP contribution is 2.33. The van der Waals surface area contributed by atoms with Crippen molar-refractivity contribution >= 4 is 17.0 Å². The maximum atomic E-state index is 10.9. The molecule has 2 aliphatic rings. The summed E-state index contributed by atoms with van der Waals surface area (Å²) in [6.45, 7) is 5.48. The number of aromatic nitrogens is 2. The fraction of sp³-hybridized carbons (Fsp3) is 0.652. The summed E-state index contributed by atoms with van der Waals surface area (Å²) in [6, 6.07) is 8.68. The number of rotatable bonds is 8. The number of hydrogen-bond acceptors (Lipinski definition) is 5. The Kier molecular flexibility index (Phi) is 6.71. The molecular weight excluding hydrogens is 380 g/mol. The maximum absolute atomic E-state index is 10.9. The third-order valence-electron chi connectivity index (χ3n) is 6.87. The zero-order chi connectivity index (χ0) is 21.0. The quantitative estimate of drug-likeness (QED) is 0.575. The number of H-pyrrole nitrogens is 1. The van der Waals surface area contributed by atoms with Crippen molar-refractivity contribution in [2.45, 2.75) is 63.0 Å². The van der Waals surface area contributed by atoms with Crippen molar-refractivity contribution in [3.63, 3.8) is 0 Å². The maximum Gasteiger partial charge on any atom is 0.306 e. The first-order chi connectivity index (χ1) is 14.5. The number of hydrogen-bond donors (Lipinski definition) is 3. The number of aliphatic carboxylic acids is 1. The number of carboxylic acids is 1. The number of piperazine rings is 1. The summed E-state index contributed by atoms with van der Waals surface area (Å²) in [5.74, 6) is 0.186. The minimum atomic E-state index is -0.996. The SMILES string of the molecule is O=C(O)CC1(O)CCC(N2CCN(CCCCc3nc4ccccc4[nH]3)CC2)CC1. The van der Waals surface area contributed by atoms with Crippen LogP contribution in [0.15, 0.2) is 24.3 Å². The number of imidazole rings is 1. The van der Waals surface area contributed by atoms with Crippen LogP contribution in [0.2, 0.25) is 0 Å². The number of aromatic amines is 1. The Labute approximate surface area is 178 Å². The lowest BCUT2D eigenvalue weighted by Crippen LogP contribution is -2.52. The standard InChI is InChI=1S/C23H34N4O3/c28-22(29)17-23(30)10-8-18(9-11-23)27-15-13-26(14-16-27)12-4-3-7-21-24-19-5-1-2-6-20(19)25-21/h1-2,5-6,18,30H,3-4,7-17H2,(H,24,25)(H,28,29). The van der Waals surface area contributed by atoms with Crippen LogP contribution in [0.25, 0.3) is 11.0 Å². The number of carbonyl (C=O) groups is 1. The molecule has 1 aliphatic heterocycles. The van der Waals surface area contributed by atoms with Crippen LogP contribution in [0.5, 0.6) is 0 Å². The van der Waals surface area contributed by atoms with Gasteiger partial charge in [0.25, 0.3) is 0 Å². The van der Waals surface area contributed by atoms with Crippen molar-refractivity contribution in [1.29, 1.82) is 0 Å². The number of para-hydroxylation sites is 2. The van der Waals surface area contributed by atoms with E-state index in [1.54, 1.807) is 0 Å². The van der Waals surface area contributed by atoms with Crippen LogP contribution in [0, 0.1) is 0 Å². The highest BCUT2D eigenvalue weighted by molar-refractivity contribution is 5.74. The topological polar surface area (TPSA) is 92.7 Å². The second-order valence-electron chi connectivity index (χ2n) is 9.06. The van der Waals surface area contributed by atoms with E-state index in [1.807, 2.05) is 18.2 Å². The summed E-state index contributed by atoms with van der Waals surface area (Å²) in [5.41, 5.74) is 1.17. The fourth-order valence-corrected chi connectivity index (χ4v) is 5.07. The van der Waals surface area contributed by atoms with Crippen LogP contribution >= 0.6 is 0 Å². The van der Waals surface area contributed by atoms with E-state index in [9.17, 15) is 9.90 Å². The Morgan fingerprint density at radius 1 is 1.13 bits per heavy atom. The van der Waals surface area contributed by atoms with E-state index in [0.29, 0.717) is 18.9 Å². The van der Waals surface area contributed by atoms with Gasteiger partial charge in [-0.2, -0.15) is 0 Å². The van der Waals surface area contributed by atoms with Crippen molar-refractivity contribution < 1.29 is 15.0 Å². The molecule has 1 saturated heterocycles. The van der Waals surface area contributed by atoms with Crippen molar-refractivity contribution in [2.75, 3.05) is 32.7 Å². The largest absolute Gasteiger partial charge is 0.481 e. The van der Waals surface area contributed by atoms with Gasteiger partial charge in [-0.3, -0.25) is 9.69 Å². The van der Waals surface area contributed by atoms with Crippen LogP contribution in [-0.4, -0.2) is 80.3 Å². The van der Waals surface area contributed by atoms with Crippen LogP contribution < -0.4 is 0 Å². The minimum Gasteiger partial charge on any atom is -0.481 e. The lowest BCUT2D eigenvalue weighted by atomic mass is 9.79. The van der Waals surface area contributed by atoms with E-state index in [2.05, 4.69) is 25.8 Å². The molecule has 1 aliphatic carbocycles. The normalized spacial score (nSPS) is 26.2. The lowest BCUT2D eigenvalue weighted by molar-refractivity contribution is -0.144. The molecule has 0 radical (unpaired) electrons. The molecule has 0 atom stereocenters. The molecule has 7 nitrogen and oxygen atoms in total. The third kappa shape index (κ3) is 5.39. The Morgan fingerprint density at radius 2 is 1.87 bits per heavy atom. The molecule has 3 N–H and O–H groups in total. The minimum absolute atomic E-state index is 0.123. The second-order valence-corrected chi connectivity index (χ2v) is 9.06. The molecule has 0 unspecified atom stereocenters. The van der Waals surface area contributed by atoms with Crippen molar-refractivity contribution in [1.82, 2.24) is 19.8 Å². The van der Waals surface area contributed by atoms with Crippen LogP contribution in [0.1, 0.15) is 50.8 Å². The van der Waals surface area contributed by atoms with Gasteiger partial charge in [-0.05, 0) is 57.2 Å². The third-order valence-corrected chi connectivity index (χ3v) is 6.87. The van der Waals surface area contributed by atoms with Gasteiger partial charge < -0.3 is 20.1 Å². The Hall–Kier alpha value is -1.96. The van der Waals surface area contributed by atoms with Gasteiger partial charge >= 0.3 is 5.97 Å². The van der Waals surface area contributed by atoms with Gasteiger partial charge in [0, 0.05) is 38.6 Å². The predicted octanol–water partition coefficient (Wildman–Crippen LogP) is 2.65. The molecule has 2 fully saturated rings. The Bertz CT molecular complexity index is 803. The van der Waals surface area contributed by atoms with Gasteiger partial charge in [-0.15, -0.1) is 0 Å². The first-order valence-electron chi connectivity index (χ1n) is 11.3. The molecule has 2 aromatic rings. The number of benzene rings is 1. The number of fused-ring (bicyclic) bond motifs is 1. The molecule has 1 aromatic heterocycles. The monoisotopic (exact) mass is 414 g/mol. The van der Waals surface area contributed by atoms with Crippen molar-refractivity contribution in [3.8, 4) is 0 Å². The van der Waals surface area contributed by atoms with Gasteiger partial charge in [0.05, 0.1) is 23.1 Å². The molecule has 164 valence electrons. The summed E-state index contributed by atoms with van der Waals surface area (Å²) >= 11 is 0. The number of nitrogens with zero attached hydrogens (tertiary/aromatic N) is 3. The smallest absolute Gasteiger partial charge is 0.306 e. The molecule has 7 heteroatoms. The summed E-state index contributed by atoms with van der Waals surface area (Å²) in [5, 5.41) is 19.4. The molecule has 0 bridgehead atoms. The van der Waals surface area contributed by atoms with E-state index in [1.165, 1.54) is 6.42 Å². The lowest BCUT2D eigenvalue weighted by Gasteiger charge is -2.44. The van der Waals surface area contributed by atoms with Crippen molar-refractivity contribution in [2.24, 2.45) is 0 Å². The van der Waals surface area contributed by atoms with E-state index < -0.39 is 11.6 Å². The van der Waals surface area contributed by atoms with Crippen molar-refractivity contribution in [3.05, 3.63) is 30.1 Å². The molecule has 1 saturated carbocycles. The number of carboxylic acid groups (broad SMARTS) is 1. The Balaban J connectivity index is 1.13. The van der Waals surface area contributed by atoms with E-state index in [4.69, 9.17) is 5.11 Å². The molecular formula is C23H34N4O3. The number of nitrogens with one attached hydrogen (secondary N) is 1. The predicted molar refractivity (Wildman–Crippen MR) is 117 cm³/mol. The van der Waals surface area contributed by atoms with Gasteiger partial charge in [0.1, 0.15) is 5.82 Å². The highest BCUT2D eigenvalue weighted by Gasteiger charge is 2.37. The second kappa shape index (κ2) is 9.45. The first-order valence-corrected chi connectivity index (χ1v) is 11.3. The van der Waals surface area contributed by atoms with E-state index in [-0.39, 0.29) is 6.42 Å². The van der Waals surface area contributed by atoms with Gasteiger partial charge in [-0.25, -0.2) is 4.98 Å². The van der Waals surface area contributed by atoms with Gasteiger partial charge in [-0.1, -0.05) is 12.1 Å². The molecule has 4 rings (SSSR count). The number of aliphatic hydroxyl groups is 1. The average Bonchev–Trinajstić information content (AvgIpc) is 3.14. The molecule has 2 heterocycles. The molecule has 30 heavy (non-hydrogen) atoms. The summed E-state index contributed by atoms with van der Waals surface area (Å²) in [6.07, 6.45) is 6.21. The zero-order valence-corrected chi connectivity index (χ0v) is 17.7. The zero-order valence-electron chi connectivity index (χ0n) is 17.7. The molecule has 1 aromatic carbocycles. The summed E-state index contributed by atoms with van der Waals surface area (Å²) in [4.78, 5) is 24.1. The van der Waals surface area contributed by atoms with Crippen LogP contribution in [-0.2, 0) is 11.2 Å². The van der Waals surface area contributed by atoms with E-state index in [0.717, 1.165) is 75.3 Å². The van der Waals surface area contributed by atoms with Gasteiger partial charge in [0.15, 0.2) is 0 Å². The van der Waals surface area contributed by atoms with E-state index >= 15 is 0 Å². The average molecular weight is 415 g/mol. The number of unbranched alkanes of at least 4 members (excludes halogenated alkanes) is 1. The molecule has 0 spiro atoms.